The van der Waals surface area contributed by atoms with E-state index in [4.69, 9.17) is 0 Å². The lowest BCUT2D eigenvalue weighted by Crippen LogP contribution is -2.09. The molecule has 4 rings (SSSR count). The van der Waals surface area contributed by atoms with Gasteiger partial charge in [-0.15, -0.1) is 0 Å². The van der Waals surface area contributed by atoms with E-state index in [1.54, 1.807) is 22.8 Å². The number of nitrogens with zero attached hydrogens (tertiary/aromatic N) is 2. The molecule has 0 aliphatic heterocycles. The summed E-state index contributed by atoms with van der Waals surface area (Å²) in [7, 11) is 0. The lowest BCUT2D eigenvalue weighted by molar-refractivity contribution is 0.628. The summed E-state index contributed by atoms with van der Waals surface area (Å²) in [5, 5.41) is 4.41. The normalized spacial score (nSPS) is 11.1. The van der Waals surface area contributed by atoms with Crippen molar-refractivity contribution in [3.05, 3.63) is 82.5 Å². The van der Waals surface area contributed by atoms with Gasteiger partial charge in [0.15, 0.2) is 0 Å². The van der Waals surface area contributed by atoms with Gasteiger partial charge in [0.1, 0.15) is 11.5 Å². The molecule has 0 aliphatic rings. The summed E-state index contributed by atoms with van der Waals surface area (Å²) >= 11 is 0. The molecule has 0 aliphatic carbocycles. The third-order valence-corrected chi connectivity index (χ3v) is 4.01. The lowest BCUT2D eigenvalue weighted by Gasteiger charge is -2.06. The Balaban J connectivity index is 1.96. The first-order valence-corrected chi connectivity index (χ1v) is 7.56. The minimum Gasteiger partial charge on any atom is -0.306 e. The maximum Gasteiger partial charge on any atom is 0.251 e. The van der Waals surface area contributed by atoms with Gasteiger partial charge in [-0.05, 0) is 36.8 Å². The molecule has 5 heteroatoms. The van der Waals surface area contributed by atoms with Gasteiger partial charge in [-0.1, -0.05) is 29.8 Å². The van der Waals surface area contributed by atoms with E-state index in [-0.39, 0.29) is 11.4 Å². The first kappa shape index (κ1) is 14.4. The largest absolute Gasteiger partial charge is 0.306 e. The molecule has 2 aromatic heterocycles. The van der Waals surface area contributed by atoms with Gasteiger partial charge in [0.05, 0.1) is 11.9 Å². The number of hydrogen-bond donors (Lipinski definition) is 1. The highest BCUT2D eigenvalue weighted by Gasteiger charge is 2.12. The monoisotopic (exact) mass is 319 g/mol. The Morgan fingerprint density at radius 1 is 1.00 bits per heavy atom. The average molecular weight is 319 g/mol. The predicted molar refractivity (Wildman–Crippen MR) is 91.4 cm³/mol. The van der Waals surface area contributed by atoms with Gasteiger partial charge in [-0.25, -0.2) is 8.91 Å². The molecule has 2 aromatic carbocycles. The van der Waals surface area contributed by atoms with E-state index in [1.165, 1.54) is 18.2 Å². The van der Waals surface area contributed by atoms with E-state index in [9.17, 15) is 9.18 Å². The summed E-state index contributed by atoms with van der Waals surface area (Å²) < 4.78 is 14.8. The van der Waals surface area contributed by atoms with Crippen LogP contribution in [0.1, 0.15) is 5.56 Å². The molecule has 2 heterocycles. The number of benzene rings is 2. The van der Waals surface area contributed by atoms with Crippen LogP contribution in [0.2, 0.25) is 0 Å². The molecular formula is C19H14FN3O. The maximum absolute atomic E-state index is 13.2. The highest BCUT2D eigenvalue weighted by Crippen LogP contribution is 2.26. The number of H-pyrrole nitrogens is 1. The highest BCUT2D eigenvalue weighted by atomic mass is 19.1. The Labute approximate surface area is 137 Å². The van der Waals surface area contributed by atoms with Crippen LogP contribution in [0.15, 0.2) is 65.6 Å². The molecule has 0 unspecified atom stereocenters. The topological polar surface area (TPSA) is 50.2 Å². The summed E-state index contributed by atoms with van der Waals surface area (Å²) in [5.41, 5.74) is 4.72. The fraction of sp³-hybridized carbons (Fsp3) is 0.0526. The molecule has 0 radical (unpaired) electrons. The zero-order valence-electron chi connectivity index (χ0n) is 13.0. The Morgan fingerprint density at radius 2 is 1.67 bits per heavy atom. The van der Waals surface area contributed by atoms with E-state index in [2.05, 4.69) is 10.1 Å². The third-order valence-electron chi connectivity index (χ3n) is 4.01. The smallest absolute Gasteiger partial charge is 0.251 e. The molecular weight excluding hydrogens is 305 g/mol. The van der Waals surface area contributed by atoms with Gasteiger partial charge < -0.3 is 4.98 Å². The summed E-state index contributed by atoms with van der Waals surface area (Å²) in [5.74, 6) is -0.319. The van der Waals surface area contributed by atoms with E-state index < -0.39 is 0 Å². The van der Waals surface area contributed by atoms with Gasteiger partial charge in [-0.3, -0.25) is 4.79 Å². The zero-order valence-corrected chi connectivity index (χ0v) is 13.0. The Morgan fingerprint density at radius 3 is 2.38 bits per heavy atom. The third kappa shape index (κ3) is 2.40. The van der Waals surface area contributed by atoms with Crippen molar-refractivity contribution in [1.29, 1.82) is 0 Å². The van der Waals surface area contributed by atoms with Crippen LogP contribution in [0.3, 0.4) is 0 Å². The molecule has 0 bridgehead atoms. The average Bonchev–Trinajstić information content (AvgIpc) is 2.99. The van der Waals surface area contributed by atoms with E-state index in [0.717, 1.165) is 22.3 Å². The summed E-state index contributed by atoms with van der Waals surface area (Å²) in [4.78, 5) is 15.0. The van der Waals surface area contributed by atoms with Crippen molar-refractivity contribution in [3.63, 3.8) is 0 Å². The van der Waals surface area contributed by atoms with Crippen molar-refractivity contribution in [2.75, 3.05) is 0 Å². The number of rotatable bonds is 2. The van der Waals surface area contributed by atoms with Crippen LogP contribution in [0.5, 0.6) is 0 Å². The van der Waals surface area contributed by atoms with Crippen LogP contribution in [-0.2, 0) is 0 Å². The Hall–Kier alpha value is -3.21. The van der Waals surface area contributed by atoms with Crippen molar-refractivity contribution in [2.24, 2.45) is 0 Å². The second-order valence-electron chi connectivity index (χ2n) is 5.71. The number of hydrogen-bond acceptors (Lipinski definition) is 2. The summed E-state index contributed by atoms with van der Waals surface area (Å²) in [6.07, 6.45) is 1.73. The molecule has 0 amide bonds. The van der Waals surface area contributed by atoms with Gasteiger partial charge in [0, 0.05) is 17.2 Å². The molecule has 4 aromatic rings. The van der Waals surface area contributed by atoms with Crippen molar-refractivity contribution in [2.45, 2.75) is 6.92 Å². The zero-order chi connectivity index (χ0) is 16.7. The number of nitrogens with one attached hydrogen (secondary N) is 1. The quantitative estimate of drug-likeness (QED) is 0.611. The van der Waals surface area contributed by atoms with Crippen LogP contribution in [0.25, 0.3) is 28.0 Å². The molecule has 0 atom stereocenters. The van der Waals surface area contributed by atoms with Crippen molar-refractivity contribution >= 4 is 5.65 Å². The van der Waals surface area contributed by atoms with Crippen molar-refractivity contribution in [1.82, 2.24) is 14.6 Å². The van der Waals surface area contributed by atoms with E-state index in [1.807, 2.05) is 31.2 Å². The van der Waals surface area contributed by atoms with Crippen molar-refractivity contribution in [3.8, 4) is 22.4 Å². The molecule has 118 valence electrons. The van der Waals surface area contributed by atoms with Gasteiger partial charge in [0.25, 0.3) is 5.56 Å². The fourth-order valence-electron chi connectivity index (χ4n) is 2.76. The SMILES string of the molecule is Cc1ccc(-c2cnn3c(-c4ccc(F)cc4)cc(=O)[nH]c23)cc1. The van der Waals surface area contributed by atoms with Crippen LogP contribution in [0, 0.1) is 12.7 Å². The minimum atomic E-state index is -0.319. The molecule has 0 saturated carbocycles. The number of aromatic nitrogens is 3. The van der Waals surface area contributed by atoms with E-state index in [0.29, 0.717) is 11.3 Å². The number of fused-ring (bicyclic) bond motifs is 1. The molecule has 24 heavy (non-hydrogen) atoms. The molecule has 0 fully saturated rings. The predicted octanol–water partition coefficient (Wildman–Crippen LogP) is 3.80. The first-order valence-electron chi connectivity index (χ1n) is 7.56. The fourth-order valence-corrected chi connectivity index (χ4v) is 2.76. The van der Waals surface area contributed by atoms with Gasteiger partial charge >= 0.3 is 0 Å². The standard InChI is InChI=1S/C19H14FN3O/c1-12-2-4-13(5-3-12)16-11-21-23-17(10-18(24)22-19(16)23)14-6-8-15(20)9-7-14/h2-11H,1H3,(H,22,24). The minimum absolute atomic E-state index is 0.226. The number of halogens is 1. The maximum atomic E-state index is 13.2. The first-order chi connectivity index (χ1) is 11.6. The molecule has 4 nitrogen and oxygen atoms in total. The van der Waals surface area contributed by atoms with Crippen LogP contribution in [0.4, 0.5) is 4.39 Å². The second-order valence-corrected chi connectivity index (χ2v) is 5.71. The van der Waals surface area contributed by atoms with Crippen LogP contribution >= 0.6 is 0 Å². The number of aromatic amines is 1. The van der Waals surface area contributed by atoms with Crippen molar-refractivity contribution < 1.29 is 4.39 Å². The molecule has 1 N–H and O–H groups in total. The Kier molecular flexibility index (Phi) is 3.27. The molecule has 0 spiro atoms. The van der Waals surface area contributed by atoms with Gasteiger partial charge in [-0.2, -0.15) is 5.10 Å². The number of aryl methyl sites for hydroxylation is 1. The van der Waals surface area contributed by atoms with Crippen LogP contribution < -0.4 is 5.56 Å². The summed E-state index contributed by atoms with van der Waals surface area (Å²) in [6.45, 7) is 2.02. The summed E-state index contributed by atoms with van der Waals surface area (Å²) in [6, 6.07) is 15.5. The Bertz CT molecular complexity index is 1080. The molecule has 0 saturated heterocycles. The highest BCUT2D eigenvalue weighted by molar-refractivity contribution is 5.79. The van der Waals surface area contributed by atoms with Crippen LogP contribution in [-0.4, -0.2) is 14.6 Å². The van der Waals surface area contributed by atoms with E-state index >= 15 is 0 Å². The van der Waals surface area contributed by atoms with Gasteiger partial charge in [0.2, 0.25) is 0 Å². The lowest BCUT2D eigenvalue weighted by atomic mass is 10.1. The second kappa shape index (κ2) is 5.45.